The Morgan fingerprint density at radius 1 is 0.844 bits per heavy atom. The third-order valence-corrected chi connectivity index (χ3v) is 7.79. The van der Waals surface area contributed by atoms with Gasteiger partial charge in [-0.3, -0.25) is 9.59 Å². The number of unbranched alkanes of at least 4 members (excludes halogenated alkanes) is 9. The molecule has 0 fully saturated rings. The molecule has 3 rings (SSSR count). The molecule has 3 aromatic rings. The monoisotopic (exact) mass is 619 g/mol. The van der Waals surface area contributed by atoms with Crippen LogP contribution >= 0.6 is 0 Å². The molecule has 0 aliphatic heterocycles. The van der Waals surface area contributed by atoms with Gasteiger partial charge in [0.1, 0.15) is 18.2 Å². The average Bonchev–Trinajstić information content (AvgIpc) is 3.02. The van der Waals surface area contributed by atoms with Crippen LogP contribution in [0.2, 0.25) is 0 Å². The number of aryl methyl sites for hydroxylation is 1. The van der Waals surface area contributed by atoms with E-state index in [1.807, 2.05) is 37.3 Å². The van der Waals surface area contributed by atoms with E-state index in [2.05, 4.69) is 22.9 Å². The third kappa shape index (κ3) is 13.6. The van der Waals surface area contributed by atoms with Gasteiger partial charge in [0, 0.05) is 36.2 Å². The molecule has 0 saturated heterocycles. The van der Waals surface area contributed by atoms with Crippen LogP contribution in [-0.4, -0.2) is 30.5 Å². The molecule has 3 amide bonds. The molecule has 244 valence electrons. The smallest absolute Gasteiger partial charge is 0.408 e. The van der Waals surface area contributed by atoms with Gasteiger partial charge < -0.3 is 25.1 Å². The Morgan fingerprint density at radius 3 is 2.29 bits per heavy atom. The molecule has 2 aromatic carbocycles. The van der Waals surface area contributed by atoms with Crippen LogP contribution in [0.5, 0.6) is 0 Å². The molecule has 45 heavy (non-hydrogen) atoms. The van der Waals surface area contributed by atoms with E-state index in [1.165, 1.54) is 51.0 Å². The highest BCUT2D eigenvalue weighted by Gasteiger charge is 2.22. The molecule has 0 aliphatic rings. The van der Waals surface area contributed by atoms with Crippen molar-refractivity contribution in [2.45, 2.75) is 110 Å². The van der Waals surface area contributed by atoms with Crippen molar-refractivity contribution >= 4 is 34.6 Å². The van der Waals surface area contributed by atoms with Crippen molar-refractivity contribution < 1.29 is 23.5 Å². The second-order valence-electron chi connectivity index (χ2n) is 11.6. The first-order chi connectivity index (χ1) is 21.9. The van der Waals surface area contributed by atoms with Gasteiger partial charge in [-0.1, -0.05) is 88.6 Å². The normalized spacial score (nSPS) is 11.6. The van der Waals surface area contributed by atoms with Gasteiger partial charge in [0.05, 0.1) is 0 Å². The van der Waals surface area contributed by atoms with E-state index in [1.54, 1.807) is 18.2 Å². The van der Waals surface area contributed by atoms with Crippen LogP contribution in [0.15, 0.2) is 63.8 Å². The zero-order valence-electron chi connectivity index (χ0n) is 26.8. The number of alkyl carbamates (subject to hydrolysis) is 1. The summed E-state index contributed by atoms with van der Waals surface area (Å²) in [7, 11) is 0. The number of fused-ring (bicyclic) bond motifs is 1. The van der Waals surface area contributed by atoms with E-state index >= 15 is 0 Å². The number of carbonyl (C=O) groups excluding carboxylic acids is 3. The number of amides is 3. The summed E-state index contributed by atoms with van der Waals surface area (Å²) < 4.78 is 10.7. The molecular formula is C36H49N3O6. The quantitative estimate of drug-likeness (QED) is 0.0886. The molecule has 0 radical (unpaired) electrons. The highest BCUT2D eigenvalue weighted by atomic mass is 16.5. The van der Waals surface area contributed by atoms with Crippen LogP contribution in [0.3, 0.4) is 0 Å². The fraction of sp³-hybridized carbons (Fsp3) is 0.500. The molecule has 3 N–H and O–H groups in total. The van der Waals surface area contributed by atoms with Crippen molar-refractivity contribution in [1.29, 1.82) is 0 Å². The van der Waals surface area contributed by atoms with Gasteiger partial charge >= 0.3 is 11.7 Å². The Labute approximate surface area is 266 Å². The molecule has 9 heteroatoms. The second kappa shape index (κ2) is 20.0. The van der Waals surface area contributed by atoms with Gasteiger partial charge in [-0.2, -0.15) is 0 Å². The average molecular weight is 620 g/mol. The molecule has 0 bridgehead atoms. The van der Waals surface area contributed by atoms with Crippen LogP contribution in [-0.2, 0) is 20.9 Å². The highest BCUT2D eigenvalue weighted by Crippen LogP contribution is 2.21. The SMILES string of the molecule is CCCCCCCCCCCC(=O)NCCCC[C@H](NC(=O)OCc1ccccc1)C(=O)Nc1ccc2c(C)cc(=O)oc2c1. The maximum atomic E-state index is 13.3. The standard InChI is InChI=1S/C36H49N3O6/c1-3-4-5-6-7-8-9-10-14-20-33(40)37-23-16-15-19-31(39-36(43)44-26-28-17-12-11-13-18-28)35(42)38-29-21-22-30-27(2)24-34(41)45-32(30)25-29/h11-13,17-18,21-22,24-25,31H,3-10,14-16,19-20,23,26H2,1-2H3,(H,37,40)(H,38,42)(H,39,43)/t31-/m0/s1. The molecule has 1 heterocycles. The zero-order chi connectivity index (χ0) is 32.3. The van der Waals surface area contributed by atoms with Gasteiger partial charge in [-0.15, -0.1) is 0 Å². The summed E-state index contributed by atoms with van der Waals surface area (Å²) in [5, 5.41) is 9.25. The van der Waals surface area contributed by atoms with E-state index in [-0.39, 0.29) is 12.5 Å². The van der Waals surface area contributed by atoms with E-state index in [0.717, 1.165) is 29.4 Å². The first-order valence-electron chi connectivity index (χ1n) is 16.4. The summed E-state index contributed by atoms with van der Waals surface area (Å²) in [5.74, 6) is -0.372. The lowest BCUT2D eigenvalue weighted by molar-refractivity contribution is -0.121. The molecule has 0 aliphatic carbocycles. The summed E-state index contributed by atoms with van der Waals surface area (Å²) in [5.41, 5.74) is 1.95. The Bertz CT molecular complexity index is 1400. The summed E-state index contributed by atoms with van der Waals surface area (Å²) in [6.07, 6.45) is 12.3. The minimum absolute atomic E-state index is 0.0491. The lowest BCUT2D eigenvalue weighted by atomic mass is 10.1. The Kier molecular flexibility index (Phi) is 15.7. The number of ether oxygens (including phenoxy) is 1. The topological polar surface area (TPSA) is 127 Å². The number of anilines is 1. The van der Waals surface area contributed by atoms with Crippen LogP contribution in [0, 0.1) is 6.92 Å². The van der Waals surface area contributed by atoms with Gasteiger partial charge in [0.15, 0.2) is 0 Å². The Balaban J connectivity index is 1.45. The Morgan fingerprint density at radius 2 is 1.56 bits per heavy atom. The van der Waals surface area contributed by atoms with Crippen LogP contribution in [0.1, 0.15) is 102 Å². The van der Waals surface area contributed by atoms with E-state index in [9.17, 15) is 19.2 Å². The summed E-state index contributed by atoms with van der Waals surface area (Å²) in [6, 6.07) is 14.9. The number of nitrogens with one attached hydrogen (secondary N) is 3. The van der Waals surface area contributed by atoms with Gasteiger partial charge in [0.25, 0.3) is 0 Å². The van der Waals surface area contributed by atoms with E-state index in [0.29, 0.717) is 43.5 Å². The predicted octanol–water partition coefficient (Wildman–Crippen LogP) is 7.54. The molecule has 1 aromatic heterocycles. The van der Waals surface area contributed by atoms with Crippen molar-refractivity contribution in [3.63, 3.8) is 0 Å². The molecule has 0 saturated carbocycles. The third-order valence-electron chi connectivity index (χ3n) is 7.79. The van der Waals surface area contributed by atoms with Gasteiger partial charge in [-0.05, 0) is 55.9 Å². The second-order valence-corrected chi connectivity index (χ2v) is 11.6. The van der Waals surface area contributed by atoms with Gasteiger partial charge in [0.2, 0.25) is 11.8 Å². The van der Waals surface area contributed by atoms with Crippen LogP contribution in [0.4, 0.5) is 10.5 Å². The molecule has 0 spiro atoms. The zero-order valence-corrected chi connectivity index (χ0v) is 26.8. The minimum Gasteiger partial charge on any atom is -0.445 e. The van der Waals surface area contributed by atoms with Gasteiger partial charge in [-0.25, -0.2) is 9.59 Å². The fourth-order valence-corrected chi connectivity index (χ4v) is 5.19. The summed E-state index contributed by atoms with van der Waals surface area (Å²) >= 11 is 0. The van der Waals surface area contributed by atoms with Crippen molar-refractivity contribution in [2.75, 3.05) is 11.9 Å². The number of benzene rings is 2. The summed E-state index contributed by atoms with van der Waals surface area (Å²) in [4.78, 5) is 50.0. The highest BCUT2D eigenvalue weighted by molar-refractivity contribution is 5.98. The number of carbonyl (C=O) groups is 3. The lowest BCUT2D eigenvalue weighted by Crippen LogP contribution is -2.44. The molecular weight excluding hydrogens is 570 g/mol. The number of rotatable bonds is 20. The van der Waals surface area contributed by atoms with Crippen LogP contribution in [0.25, 0.3) is 11.0 Å². The predicted molar refractivity (Wildman–Crippen MR) is 178 cm³/mol. The van der Waals surface area contributed by atoms with Crippen molar-refractivity contribution in [3.8, 4) is 0 Å². The molecule has 9 nitrogen and oxygen atoms in total. The van der Waals surface area contributed by atoms with Crippen molar-refractivity contribution in [1.82, 2.24) is 10.6 Å². The van der Waals surface area contributed by atoms with E-state index in [4.69, 9.17) is 9.15 Å². The maximum Gasteiger partial charge on any atom is 0.408 e. The first kappa shape index (κ1) is 35.3. The first-order valence-corrected chi connectivity index (χ1v) is 16.4. The number of hydrogen-bond acceptors (Lipinski definition) is 6. The Hall–Kier alpha value is -4.14. The minimum atomic E-state index is -0.869. The summed E-state index contributed by atoms with van der Waals surface area (Å²) in [6.45, 7) is 4.63. The molecule has 1 atom stereocenters. The number of hydrogen-bond donors (Lipinski definition) is 3. The van der Waals surface area contributed by atoms with Crippen molar-refractivity contribution in [3.05, 3.63) is 76.1 Å². The van der Waals surface area contributed by atoms with E-state index < -0.39 is 23.7 Å². The lowest BCUT2D eigenvalue weighted by Gasteiger charge is -2.19. The maximum absolute atomic E-state index is 13.3. The van der Waals surface area contributed by atoms with Crippen LogP contribution < -0.4 is 21.6 Å². The fourth-order valence-electron chi connectivity index (χ4n) is 5.19. The largest absolute Gasteiger partial charge is 0.445 e. The van der Waals surface area contributed by atoms with Crippen molar-refractivity contribution in [2.24, 2.45) is 0 Å². The molecule has 0 unspecified atom stereocenters.